The van der Waals surface area contributed by atoms with Crippen molar-refractivity contribution in [1.29, 1.82) is 0 Å². The van der Waals surface area contributed by atoms with Gasteiger partial charge in [-0.2, -0.15) is 0 Å². The van der Waals surface area contributed by atoms with Gasteiger partial charge in [0.2, 0.25) is 0 Å². The Morgan fingerprint density at radius 3 is 2.50 bits per heavy atom. The van der Waals surface area contributed by atoms with E-state index in [1.807, 2.05) is 13.8 Å². The van der Waals surface area contributed by atoms with Crippen molar-refractivity contribution in [2.75, 3.05) is 27.3 Å². The molecule has 2 aromatic rings. The molecule has 0 bridgehead atoms. The smallest absolute Gasteiger partial charge is 0.253 e. The molecule has 0 radical (unpaired) electrons. The average molecular weight is 361 g/mol. The Labute approximate surface area is 153 Å². The van der Waals surface area contributed by atoms with Gasteiger partial charge in [0, 0.05) is 12.6 Å². The van der Waals surface area contributed by atoms with Crippen molar-refractivity contribution in [2.45, 2.75) is 20.0 Å². The summed E-state index contributed by atoms with van der Waals surface area (Å²) in [5.74, 6) is 0.652. The maximum Gasteiger partial charge on any atom is 0.253 e. The molecule has 0 atom stereocenters. The van der Waals surface area contributed by atoms with Gasteiger partial charge in [0.1, 0.15) is 6.61 Å². The fraction of sp³-hybridized carbons (Fsp3) is 0.350. The van der Waals surface area contributed by atoms with Crippen LogP contribution in [0, 0.1) is 5.82 Å². The van der Waals surface area contributed by atoms with Gasteiger partial charge in [0.25, 0.3) is 5.91 Å². The molecule has 5 nitrogen and oxygen atoms in total. The van der Waals surface area contributed by atoms with Crippen molar-refractivity contribution >= 4 is 5.91 Å². The molecule has 0 N–H and O–H groups in total. The molecular formula is C20H24FNO4. The highest BCUT2D eigenvalue weighted by molar-refractivity contribution is 5.94. The third-order valence-electron chi connectivity index (χ3n) is 3.64. The number of para-hydroxylation sites is 1. The first-order valence-electron chi connectivity index (χ1n) is 8.40. The molecule has 1 amide bonds. The summed E-state index contributed by atoms with van der Waals surface area (Å²) in [7, 11) is 3.20. The van der Waals surface area contributed by atoms with Crippen molar-refractivity contribution in [3.05, 3.63) is 53.8 Å². The molecular weight excluding hydrogens is 337 g/mol. The lowest BCUT2D eigenvalue weighted by Gasteiger charge is -2.19. The van der Waals surface area contributed by atoms with Crippen LogP contribution in [0.25, 0.3) is 0 Å². The standard InChI is InChI=1S/C20H24FNO4/c1-14(2)26-18-10-9-15(13-19(18)24-4)20(23)22(3)11-12-25-17-8-6-5-7-16(17)21/h5-10,13-14H,11-12H2,1-4H3. The van der Waals surface area contributed by atoms with Crippen LogP contribution in [0.3, 0.4) is 0 Å². The summed E-state index contributed by atoms with van der Waals surface area (Å²) in [6.07, 6.45) is 0.00339. The largest absolute Gasteiger partial charge is 0.493 e. The summed E-state index contributed by atoms with van der Waals surface area (Å²) in [5, 5.41) is 0. The SMILES string of the molecule is COc1cc(C(=O)N(C)CCOc2ccccc2F)ccc1OC(C)C. The molecule has 0 heterocycles. The Balaban J connectivity index is 1.98. The first kappa shape index (κ1) is 19.6. The van der Waals surface area contributed by atoms with Crippen LogP contribution in [0.4, 0.5) is 4.39 Å². The molecule has 0 aliphatic rings. The first-order valence-corrected chi connectivity index (χ1v) is 8.40. The van der Waals surface area contributed by atoms with Crippen molar-refractivity contribution in [1.82, 2.24) is 4.90 Å². The molecule has 26 heavy (non-hydrogen) atoms. The van der Waals surface area contributed by atoms with Crippen LogP contribution in [0.15, 0.2) is 42.5 Å². The van der Waals surface area contributed by atoms with E-state index in [9.17, 15) is 9.18 Å². The zero-order valence-electron chi connectivity index (χ0n) is 15.5. The van der Waals surface area contributed by atoms with Crippen molar-refractivity contribution in [3.8, 4) is 17.2 Å². The Morgan fingerprint density at radius 2 is 1.85 bits per heavy atom. The van der Waals surface area contributed by atoms with E-state index in [-0.39, 0.29) is 24.4 Å². The number of ether oxygens (including phenoxy) is 3. The molecule has 6 heteroatoms. The van der Waals surface area contributed by atoms with Crippen LogP contribution >= 0.6 is 0 Å². The van der Waals surface area contributed by atoms with Gasteiger partial charge >= 0.3 is 0 Å². The highest BCUT2D eigenvalue weighted by Crippen LogP contribution is 2.29. The molecule has 2 aromatic carbocycles. The maximum atomic E-state index is 13.5. The summed E-state index contributed by atoms with van der Waals surface area (Å²) >= 11 is 0. The number of carbonyl (C=O) groups is 1. The summed E-state index contributed by atoms with van der Waals surface area (Å²) in [6.45, 7) is 4.35. The van der Waals surface area contributed by atoms with Crippen LogP contribution in [0.1, 0.15) is 24.2 Å². The van der Waals surface area contributed by atoms with E-state index in [1.54, 1.807) is 43.4 Å². The number of rotatable bonds is 8. The number of hydrogen-bond acceptors (Lipinski definition) is 4. The molecule has 140 valence electrons. The molecule has 0 fully saturated rings. The predicted molar refractivity (Wildman–Crippen MR) is 97.6 cm³/mol. The highest BCUT2D eigenvalue weighted by atomic mass is 19.1. The van der Waals surface area contributed by atoms with Gasteiger partial charge in [0.15, 0.2) is 23.1 Å². The Bertz CT molecular complexity index is 748. The lowest BCUT2D eigenvalue weighted by atomic mass is 10.1. The van der Waals surface area contributed by atoms with Crippen molar-refractivity contribution < 1.29 is 23.4 Å². The molecule has 0 aliphatic carbocycles. The zero-order chi connectivity index (χ0) is 19.1. The van der Waals surface area contributed by atoms with Crippen LogP contribution in [-0.2, 0) is 0 Å². The zero-order valence-corrected chi connectivity index (χ0v) is 15.5. The summed E-state index contributed by atoms with van der Waals surface area (Å²) in [4.78, 5) is 14.1. The van der Waals surface area contributed by atoms with Crippen molar-refractivity contribution in [2.24, 2.45) is 0 Å². The quantitative estimate of drug-likeness (QED) is 0.718. The van der Waals surface area contributed by atoms with E-state index in [0.717, 1.165) is 0 Å². The molecule has 0 aromatic heterocycles. The Kier molecular flexibility index (Phi) is 6.83. The summed E-state index contributed by atoms with van der Waals surface area (Å²) in [5.41, 5.74) is 0.478. The highest BCUT2D eigenvalue weighted by Gasteiger charge is 2.16. The molecule has 0 unspecified atom stereocenters. The van der Waals surface area contributed by atoms with E-state index >= 15 is 0 Å². The fourth-order valence-corrected chi connectivity index (χ4v) is 2.33. The van der Waals surface area contributed by atoms with E-state index in [4.69, 9.17) is 14.2 Å². The van der Waals surface area contributed by atoms with Gasteiger partial charge in [-0.05, 0) is 44.2 Å². The minimum Gasteiger partial charge on any atom is -0.493 e. The first-order chi connectivity index (χ1) is 12.4. The second-order valence-electron chi connectivity index (χ2n) is 6.04. The second kappa shape index (κ2) is 9.08. The third kappa shape index (κ3) is 5.12. The van der Waals surface area contributed by atoms with Gasteiger partial charge in [-0.1, -0.05) is 12.1 Å². The number of likely N-dealkylation sites (N-methyl/N-ethyl adjacent to an activating group) is 1. The van der Waals surface area contributed by atoms with E-state index in [2.05, 4.69) is 0 Å². The lowest BCUT2D eigenvalue weighted by Crippen LogP contribution is -2.31. The topological polar surface area (TPSA) is 48.0 Å². The Hall–Kier alpha value is -2.76. The van der Waals surface area contributed by atoms with E-state index < -0.39 is 5.82 Å². The molecule has 2 rings (SSSR count). The van der Waals surface area contributed by atoms with Gasteiger partial charge in [0.05, 0.1) is 19.8 Å². The summed E-state index contributed by atoms with van der Waals surface area (Å²) in [6, 6.07) is 11.2. The van der Waals surface area contributed by atoms with Gasteiger partial charge in [-0.3, -0.25) is 4.79 Å². The number of benzene rings is 2. The van der Waals surface area contributed by atoms with Gasteiger partial charge in [-0.15, -0.1) is 0 Å². The second-order valence-corrected chi connectivity index (χ2v) is 6.04. The van der Waals surface area contributed by atoms with Gasteiger partial charge < -0.3 is 19.1 Å². The lowest BCUT2D eigenvalue weighted by molar-refractivity contribution is 0.0772. The maximum absolute atomic E-state index is 13.5. The number of nitrogens with zero attached hydrogens (tertiary/aromatic N) is 1. The Morgan fingerprint density at radius 1 is 1.12 bits per heavy atom. The minimum absolute atomic E-state index is 0.00339. The van der Waals surface area contributed by atoms with Crippen LogP contribution in [0.2, 0.25) is 0 Å². The normalized spacial score (nSPS) is 10.5. The van der Waals surface area contributed by atoms with Crippen molar-refractivity contribution in [3.63, 3.8) is 0 Å². The number of methoxy groups -OCH3 is 1. The molecule has 0 saturated carbocycles. The average Bonchev–Trinajstić information content (AvgIpc) is 2.62. The van der Waals surface area contributed by atoms with Crippen LogP contribution in [-0.4, -0.2) is 44.2 Å². The van der Waals surface area contributed by atoms with E-state index in [0.29, 0.717) is 23.6 Å². The predicted octanol–water partition coefficient (Wildman–Crippen LogP) is 3.77. The number of amides is 1. The third-order valence-corrected chi connectivity index (χ3v) is 3.64. The van der Waals surface area contributed by atoms with Gasteiger partial charge in [-0.25, -0.2) is 4.39 Å². The number of hydrogen-bond donors (Lipinski definition) is 0. The molecule has 0 saturated heterocycles. The number of halogens is 1. The molecule has 0 spiro atoms. The fourth-order valence-electron chi connectivity index (χ4n) is 2.33. The van der Waals surface area contributed by atoms with Crippen LogP contribution < -0.4 is 14.2 Å². The monoisotopic (exact) mass is 361 g/mol. The summed E-state index contributed by atoms with van der Waals surface area (Å²) < 4.78 is 29.9. The van der Waals surface area contributed by atoms with Crippen LogP contribution in [0.5, 0.6) is 17.2 Å². The number of carbonyl (C=O) groups excluding carboxylic acids is 1. The minimum atomic E-state index is -0.424. The molecule has 0 aliphatic heterocycles. The van der Waals surface area contributed by atoms with E-state index in [1.165, 1.54) is 18.1 Å².